The summed E-state index contributed by atoms with van der Waals surface area (Å²) in [6, 6.07) is 7.19. The highest BCUT2D eigenvalue weighted by atomic mass is 19.4. The number of fused-ring (bicyclic) bond motifs is 1. The molecule has 5 nitrogen and oxygen atoms in total. The van der Waals surface area contributed by atoms with Crippen molar-refractivity contribution in [3.05, 3.63) is 46.8 Å². The largest absolute Gasteiger partial charge is 0.435 e. The van der Waals surface area contributed by atoms with Crippen LogP contribution < -0.4 is 10.6 Å². The first-order chi connectivity index (χ1) is 13.6. The lowest BCUT2D eigenvalue weighted by molar-refractivity contribution is -0.142. The summed E-state index contributed by atoms with van der Waals surface area (Å²) in [6.45, 7) is 6.73. The number of rotatable bonds is 4. The van der Waals surface area contributed by atoms with Crippen LogP contribution in [0, 0.1) is 0 Å². The number of halogens is 3. The predicted octanol–water partition coefficient (Wildman–Crippen LogP) is 4.90. The van der Waals surface area contributed by atoms with Crippen molar-refractivity contribution >= 4 is 11.7 Å². The van der Waals surface area contributed by atoms with Crippen LogP contribution in [0.4, 0.5) is 23.7 Å². The van der Waals surface area contributed by atoms with Crippen LogP contribution in [0.15, 0.2) is 24.3 Å². The maximum atomic E-state index is 13.2. The van der Waals surface area contributed by atoms with Crippen molar-refractivity contribution in [3.8, 4) is 0 Å². The number of carbonyl (C=O) groups excluding carboxylic acids is 1. The summed E-state index contributed by atoms with van der Waals surface area (Å²) in [4.78, 5) is 12.1. The van der Waals surface area contributed by atoms with Crippen LogP contribution in [-0.4, -0.2) is 22.4 Å². The summed E-state index contributed by atoms with van der Waals surface area (Å²) in [5.41, 5.74) is 2.02. The maximum Gasteiger partial charge on any atom is 0.435 e. The van der Waals surface area contributed by atoms with Gasteiger partial charge in [-0.3, -0.25) is 4.68 Å². The molecule has 0 unspecified atom stereocenters. The van der Waals surface area contributed by atoms with Crippen LogP contribution >= 0.6 is 0 Å². The number of nitrogens with one attached hydrogen (secondary N) is 2. The molecule has 1 heterocycles. The molecule has 1 aromatic carbocycles. The first-order valence-corrected chi connectivity index (χ1v) is 9.87. The molecule has 0 saturated heterocycles. The van der Waals surface area contributed by atoms with Gasteiger partial charge in [-0.15, -0.1) is 0 Å². The molecule has 3 rings (SSSR count). The maximum absolute atomic E-state index is 13.2. The van der Waals surface area contributed by atoms with Crippen molar-refractivity contribution in [2.45, 2.75) is 64.6 Å². The minimum atomic E-state index is -4.45. The quantitative estimate of drug-likeness (QED) is 0.756. The standard InChI is InChI=1S/C21H27F3N4O/c1-20(2,3)14-8-10-15(11-9-14)26-19(29)25-12-13-28-17-7-5-4-6-16(17)18(27-28)21(22,23)24/h8-11H,4-7,12-13H2,1-3H3,(H2,25,26,29). The number of alkyl halides is 3. The molecule has 0 saturated carbocycles. The fourth-order valence-corrected chi connectivity index (χ4v) is 3.59. The van der Waals surface area contributed by atoms with Gasteiger partial charge in [0, 0.05) is 23.5 Å². The molecular weight excluding hydrogens is 381 g/mol. The Hall–Kier alpha value is -2.51. The summed E-state index contributed by atoms with van der Waals surface area (Å²) in [5, 5.41) is 9.22. The number of benzene rings is 1. The molecule has 0 atom stereocenters. The third-order valence-electron chi connectivity index (χ3n) is 5.14. The molecule has 0 spiro atoms. The molecular formula is C21H27F3N4O. The van der Waals surface area contributed by atoms with Crippen molar-refractivity contribution < 1.29 is 18.0 Å². The molecule has 2 N–H and O–H groups in total. The van der Waals surface area contributed by atoms with Gasteiger partial charge in [-0.05, 0) is 48.8 Å². The number of urea groups is 1. The summed E-state index contributed by atoms with van der Waals surface area (Å²) in [6.07, 6.45) is -1.85. The van der Waals surface area contributed by atoms with E-state index in [-0.39, 0.29) is 18.5 Å². The molecule has 1 aromatic heterocycles. The van der Waals surface area contributed by atoms with Gasteiger partial charge in [0.05, 0.1) is 6.54 Å². The van der Waals surface area contributed by atoms with Gasteiger partial charge < -0.3 is 10.6 Å². The number of amides is 2. The highest BCUT2D eigenvalue weighted by Crippen LogP contribution is 2.35. The van der Waals surface area contributed by atoms with E-state index in [1.54, 1.807) is 0 Å². The minimum Gasteiger partial charge on any atom is -0.336 e. The smallest absolute Gasteiger partial charge is 0.336 e. The van der Waals surface area contributed by atoms with Gasteiger partial charge in [0.2, 0.25) is 0 Å². The van der Waals surface area contributed by atoms with Gasteiger partial charge in [0.1, 0.15) is 0 Å². The molecule has 1 aliphatic carbocycles. The van der Waals surface area contributed by atoms with E-state index >= 15 is 0 Å². The summed E-state index contributed by atoms with van der Waals surface area (Å²) in [5.74, 6) is 0. The summed E-state index contributed by atoms with van der Waals surface area (Å²) >= 11 is 0. The zero-order valence-corrected chi connectivity index (χ0v) is 17.0. The van der Waals surface area contributed by atoms with Gasteiger partial charge in [-0.2, -0.15) is 18.3 Å². The highest BCUT2D eigenvalue weighted by Gasteiger charge is 2.39. The number of anilines is 1. The Morgan fingerprint density at radius 1 is 1.10 bits per heavy atom. The Morgan fingerprint density at radius 3 is 2.38 bits per heavy atom. The highest BCUT2D eigenvalue weighted by molar-refractivity contribution is 5.89. The van der Waals surface area contributed by atoms with Crippen LogP contribution in [0.2, 0.25) is 0 Å². The first kappa shape index (κ1) is 21.2. The van der Waals surface area contributed by atoms with E-state index in [4.69, 9.17) is 0 Å². The zero-order valence-electron chi connectivity index (χ0n) is 17.0. The molecule has 2 aromatic rings. The Kier molecular flexibility index (Phi) is 5.91. The fraction of sp³-hybridized carbons (Fsp3) is 0.524. The first-order valence-electron chi connectivity index (χ1n) is 9.87. The number of hydrogen-bond donors (Lipinski definition) is 2. The predicted molar refractivity (Wildman–Crippen MR) is 106 cm³/mol. The molecule has 158 valence electrons. The van der Waals surface area contributed by atoms with Crippen LogP contribution in [0.25, 0.3) is 0 Å². The van der Waals surface area contributed by atoms with Gasteiger partial charge in [-0.1, -0.05) is 32.9 Å². The van der Waals surface area contributed by atoms with Crippen LogP contribution in [0.3, 0.4) is 0 Å². The van der Waals surface area contributed by atoms with Gasteiger partial charge in [-0.25, -0.2) is 4.79 Å². The second-order valence-corrected chi connectivity index (χ2v) is 8.41. The van der Waals surface area contributed by atoms with Crippen LogP contribution in [0.1, 0.15) is 56.1 Å². The number of nitrogens with zero attached hydrogens (tertiary/aromatic N) is 2. The number of aromatic nitrogens is 2. The van der Waals surface area contributed by atoms with E-state index in [1.807, 2.05) is 24.3 Å². The molecule has 0 fully saturated rings. The van der Waals surface area contributed by atoms with Crippen LogP contribution in [-0.2, 0) is 31.0 Å². The minimum absolute atomic E-state index is 0.0267. The average molecular weight is 408 g/mol. The van der Waals surface area contributed by atoms with Crippen molar-refractivity contribution in [1.82, 2.24) is 15.1 Å². The van der Waals surface area contributed by atoms with Gasteiger partial charge >= 0.3 is 12.2 Å². The normalized spacial score (nSPS) is 14.4. The van der Waals surface area contributed by atoms with E-state index in [0.29, 0.717) is 29.8 Å². The Morgan fingerprint density at radius 2 is 1.76 bits per heavy atom. The lowest BCUT2D eigenvalue weighted by Crippen LogP contribution is -2.32. The summed E-state index contributed by atoms with van der Waals surface area (Å²) in [7, 11) is 0. The summed E-state index contributed by atoms with van der Waals surface area (Å²) < 4.78 is 41.1. The fourth-order valence-electron chi connectivity index (χ4n) is 3.59. The van der Waals surface area contributed by atoms with E-state index < -0.39 is 17.9 Å². The Labute approximate surface area is 168 Å². The molecule has 8 heteroatoms. The van der Waals surface area contributed by atoms with Crippen molar-refractivity contribution in [2.24, 2.45) is 0 Å². The molecule has 2 amide bonds. The molecule has 29 heavy (non-hydrogen) atoms. The van der Waals surface area contributed by atoms with Crippen molar-refractivity contribution in [3.63, 3.8) is 0 Å². The molecule has 0 aliphatic heterocycles. The van der Waals surface area contributed by atoms with Gasteiger partial charge in [0.25, 0.3) is 0 Å². The second kappa shape index (κ2) is 8.08. The lowest BCUT2D eigenvalue weighted by Gasteiger charge is -2.19. The number of hydrogen-bond acceptors (Lipinski definition) is 2. The van der Waals surface area contributed by atoms with Gasteiger partial charge in [0.15, 0.2) is 5.69 Å². The Bertz CT molecular complexity index is 864. The van der Waals surface area contributed by atoms with E-state index in [9.17, 15) is 18.0 Å². The average Bonchev–Trinajstić information content (AvgIpc) is 3.01. The SMILES string of the molecule is CC(C)(C)c1ccc(NC(=O)NCCn2nc(C(F)(F)F)c3c2CCCC3)cc1. The van der Waals surface area contributed by atoms with E-state index in [0.717, 1.165) is 18.4 Å². The monoisotopic (exact) mass is 408 g/mol. The third kappa shape index (κ3) is 5.10. The second-order valence-electron chi connectivity index (χ2n) is 8.41. The lowest BCUT2D eigenvalue weighted by atomic mass is 9.87. The zero-order chi connectivity index (χ0) is 21.2. The molecule has 0 radical (unpaired) electrons. The number of carbonyl (C=O) groups is 1. The van der Waals surface area contributed by atoms with E-state index in [2.05, 4.69) is 36.5 Å². The van der Waals surface area contributed by atoms with E-state index in [1.165, 1.54) is 4.68 Å². The Balaban J connectivity index is 1.57. The topological polar surface area (TPSA) is 59.0 Å². The van der Waals surface area contributed by atoms with Crippen molar-refractivity contribution in [1.29, 1.82) is 0 Å². The van der Waals surface area contributed by atoms with Crippen molar-refractivity contribution in [2.75, 3.05) is 11.9 Å². The third-order valence-corrected chi connectivity index (χ3v) is 5.14. The molecule has 1 aliphatic rings. The van der Waals surface area contributed by atoms with Crippen LogP contribution in [0.5, 0.6) is 0 Å². The molecule has 0 bridgehead atoms.